The second-order valence-corrected chi connectivity index (χ2v) is 34.9. The first kappa shape index (κ1) is 95.1. The predicted molar refractivity (Wildman–Crippen MR) is 429 cm³/mol. The fourth-order valence-electron chi connectivity index (χ4n) is 8.23. The van der Waals surface area contributed by atoms with E-state index in [4.69, 9.17) is 13.3 Å². The van der Waals surface area contributed by atoms with Gasteiger partial charge in [0.15, 0.2) is 5.89 Å². The Morgan fingerprint density at radius 1 is 0.358 bits per heavy atom. The Bertz CT molecular complexity index is 2760. The van der Waals surface area contributed by atoms with Gasteiger partial charge in [-0.2, -0.15) is 8.75 Å². The fourth-order valence-corrected chi connectivity index (χ4v) is 12.9. The number of hydrogen-bond acceptors (Lipinski definition) is 14. The van der Waals surface area contributed by atoms with E-state index in [0.29, 0.717) is 88.8 Å². The number of oxazole rings is 1. The maximum atomic E-state index is 5.74. The smallest absolute Gasteiger partial charge is 0.197 e. The Morgan fingerprint density at radius 2 is 0.832 bits per heavy atom. The van der Waals surface area contributed by atoms with E-state index in [0.717, 1.165) is 51.2 Å². The molecule has 544 valence electrons. The minimum atomic E-state index is 0. The van der Waals surface area contributed by atoms with Crippen molar-refractivity contribution in [1.29, 1.82) is 0 Å². The molecule has 8 heterocycles. The number of hydrogen-bond donors (Lipinski definition) is 0. The summed E-state index contributed by atoms with van der Waals surface area (Å²) in [4.78, 5) is 25.0. The van der Waals surface area contributed by atoms with E-state index in [1.54, 1.807) is 11.5 Å². The predicted octanol–water partition coefficient (Wildman–Crippen LogP) is 29.9. The van der Waals surface area contributed by atoms with Crippen molar-refractivity contribution in [3.05, 3.63) is 145 Å². The van der Waals surface area contributed by atoms with Gasteiger partial charge in [-0.1, -0.05) is 251 Å². The third kappa shape index (κ3) is 34.0. The summed E-state index contributed by atoms with van der Waals surface area (Å²) in [5.41, 5.74) is 4.97. The van der Waals surface area contributed by atoms with Gasteiger partial charge in [0.2, 0.25) is 0 Å². The van der Waals surface area contributed by atoms with Crippen molar-refractivity contribution in [2.75, 3.05) is 0 Å². The molecule has 95 heavy (non-hydrogen) atoms. The molecular weight excluding hydrogens is 1270 g/mol. The lowest BCUT2D eigenvalue weighted by molar-refractivity contribution is 0.421. The summed E-state index contributed by atoms with van der Waals surface area (Å²) in [7, 11) is 0. The normalized spacial score (nSPS) is 11.3. The van der Waals surface area contributed by atoms with Gasteiger partial charge in [-0.05, 0) is 121 Å². The minimum Gasteiger partial charge on any atom is -0.466 e. The van der Waals surface area contributed by atoms with Gasteiger partial charge >= 0.3 is 0 Å². The highest BCUT2D eigenvalue weighted by Crippen LogP contribution is 2.34. The molecule has 0 atom stereocenters. The van der Waals surface area contributed by atoms with Crippen LogP contribution in [0, 0.1) is 20.8 Å². The third-order valence-electron chi connectivity index (χ3n) is 14.3. The van der Waals surface area contributed by atoms with Gasteiger partial charge in [0.25, 0.3) is 0 Å². The maximum Gasteiger partial charge on any atom is 0.197 e. The van der Waals surface area contributed by atoms with Crippen LogP contribution >= 0.6 is 57.1 Å². The standard InChI is InChI=1S/C11H19NS.C11H18O.C10H17NO.C10H16O.C10H16S.2C9H15NS.C8H14N2S.3CH4/c1-7(2)9-8(3)12-10(13-9)11(4,5)6;1-7(2)10-6-9(5)11(12-10)8(3)4;1-6(2)9-8(5)11-10(12-9)7(3)4;2*1-7(2)9-5-6-10(11-9)8(3)4;1-6(2)8-5-10-9(11-8)7(3)4;1-6(2)8-5-9(7(3)4)11-10-8;1-5(2)7-9-8(6(3)4)11-10-7;;;/h7H,1-6H3;6-8H,1-5H3;6-7H,1-5H3;2*5-8H,1-4H3;2*5-7H,1-4H3;5-6H,1-4H3;3*1H4. The van der Waals surface area contributed by atoms with Gasteiger partial charge < -0.3 is 13.3 Å². The van der Waals surface area contributed by atoms with Gasteiger partial charge in [0.1, 0.15) is 39.6 Å². The molecule has 8 aromatic rings. The van der Waals surface area contributed by atoms with Crippen LogP contribution in [-0.2, 0) is 5.41 Å². The topological polar surface area (TPSA) is 117 Å². The van der Waals surface area contributed by atoms with E-state index >= 15 is 0 Å². The van der Waals surface area contributed by atoms with Crippen LogP contribution in [0.4, 0.5) is 0 Å². The zero-order valence-electron chi connectivity index (χ0n) is 64.7. The Kier molecular flexibility index (Phi) is 45.6. The average Bonchev–Trinajstić information content (AvgIpc) is 1.94. The van der Waals surface area contributed by atoms with Crippen LogP contribution in [0.25, 0.3) is 0 Å². The quantitative estimate of drug-likeness (QED) is 0.0989. The molecule has 0 aliphatic rings. The summed E-state index contributed by atoms with van der Waals surface area (Å²) in [5, 5.41) is 3.66. The molecule has 0 fully saturated rings. The molecule has 14 heteroatoms. The van der Waals surface area contributed by atoms with Crippen molar-refractivity contribution in [2.45, 2.75) is 366 Å². The summed E-state index contributed by atoms with van der Waals surface area (Å²) in [6, 6.07) is 13.0. The Balaban J connectivity index is -0.00000101. The van der Waals surface area contributed by atoms with Crippen molar-refractivity contribution in [1.82, 2.24) is 28.7 Å². The first-order valence-electron chi connectivity index (χ1n) is 34.4. The molecule has 9 nitrogen and oxygen atoms in total. The highest BCUT2D eigenvalue weighted by atomic mass is 32.1. The van der Waals surface area contributed by atoms with Crippen LogP contribution in [0.2, 0.25) is 0 Å². The first-order chi connectivity index (χ1) is 42.4. The molecular formula is C81H142N6O3S5. The van der Waals surface area contributed by atoms with Crippen LogP contribution in [0.15, 0.2) is 55.8 Å². The van der Waals surface area contributed by atoms with E-state index in [9.17, 15) is 0 Å². The second-order valence-electron chi connectivity index (χ2n) is 30.0. The molecule has 0 unspecified atom stereocenters. The second kappa shape index (κ2) is 45.6. The summed E-state index contributed by atoms with van der Waals surface area (Å²) < 4.78 is 25.6. The molecule has 0 spiro atoms. The highest BCUT2D eigenvalue weighted by Gasteiger charge is 2.22. The van der Waals surface area contributed by atoms with Gasteiger partial charge in [-0.15, -0.1) is 34.0 Å². The highest BCUT2D eigenvalue weighted by molar-refractivity contribution is 7.12. The largest absolute Gasteiger partial charge is 0.466 e. The Morgan fingerprint density at radius 3 is 1.06 bits per heavy atom. The van der Waals surface area contributed by atoms with Gasteiger partial charge in [0.05, 0.1) is 27.1 Å². The van der Waals surface area contributed by atoms with Crippen molar-refractivity contribution in [2.24, 2.45) is 0 Å². The van der Waals surface area contributed by atoms with Crippen molar-refractivity contribution in [3.63, 3.8) is 0 Å². The van der Waals surface area contributed by atoms with E-state index in [1.165, 1.54) is 62.9 Å². The molecule has 0 aromatic carbocycles. The summed E-state index contributed by atoms with van der Waals surface area (Å²) in [6.45, 7) is 78.0. The van der Waals surface area contributed by atoms with Gasteiger partial charge in [0, 0.05) is 89.3 Å². The lowest BCUT2D eigenvalue weighted by Gasteiger charge is -2.13. The number of aryl methyl sites for hydroxylation is 3. The lowest BCUT2D eigenvalue weighted by atomic mass is 9.98. The number of thiazole rings is 2. The molecule has 0 saturated heterocycles. The molecule has 0 saturated carbocycles. The molecule has 0 radical (unpaired) electrons. The lowest BCUT2D eigenvalue weighted by Crippen LogP contribution is -2.10. The molecule has 8 rings (SSSR count). The zero-order chi connectivity index (χ0) is 71.0. The fraction of sp³-hybridized carbons (Fsp3) is 0.679. The van der Waals surface area contributed by atoms with Crippen molar-refractivity contribution >= 4 is 57.1 Å². The first-order valence-corrected chi connectivity index (χ1v) is 38.4. The third-order valence-corrected chi connectivity index (χ3v) is 21.6. The van der Waals surface area contributed by atoms with E-state index in [2.05, 4.69) is 307 Å². The van der Waals surface area contributed by atoms with Gasteiger partial charge in [-0.25, -0.2) is 19.9 Å². The van der Waals surface area contributed by atoms with Crippen LogP contribution in [-0.4, -0.2) is 28.7 Å². The zero-order valence-corrected chi connectivity index (χ0v) is 68.7. The molecule has 0 aliphatic heterocycles. The number of rotatable bonds is 15. The number of nitrogens with zero attached hydrogens (tertiary/aromatic N) is 6. The van der Waals surface area contributed by atoms with Gasteiger partial charge in [-0.3, -0.25) is 0 Å². The molecule has 0 bridgehead atoms. The Labute approximate surface area is 605 Å². The number of aromatic nitrogens is 6. The minimum absolute atomic E-state index is 0. The summed E-state index contributed by atoms with van der Waals surface area (Å²) in [5.74, 6) is 15.5. The van der Waals surface area contributed by atoms with Crippen LogP contribution in [0.3, 0.4) is 0 Å². The maximum absolute atomic E-state index is 5.74. The van der Waals surface area contributed by atoms with E-state index in [-0.39, 0.29) is 27.7 Å². The number of thiophene rings is 1. The van der Waals surface area contributed by atoms with Crippen molar-refractivity contribution in [3.8, 4) is 0 Å². The van der Waals surface area contributed by atoms with E-state index < -0.39 is 0 Å². The molecule has 8 aromatic heterocycles. The van der Waals surface area contributed by atoms with Crippen LogP contribution in [0.5, 0.6) is 0 Å². The monoisotopic (exact) mass is 1410 g/mol. The summed E-state index contributed by atoms with van der Waals surface area (Å²) in [6.07, 6.45) is 2.00. The van der Waals surface area contributed by atoms with Crippen molar-refractivity contribution < 1.29 is 13.3 Å². The molecule has 0 N–H and O–H groups in total. The number of furan rings is 2. The summed E-state index contributed by atoms with van der Waals surface area (Å²) >= 11 is 8.81. The van der Waals surface area contributed by atoms with Crippen LogP contribution < -0.4 is 0 Å². The van der Waals surface area contributed by atoms with Crippen LogP contribution in [0.1, 0.15) is 442 Å². The molecule has 0 aliphatic carbocycles. The molecule has 0 amide bonds. The average molecular weight is 1410 g/mol. The Hall–Kier alpha value is -4.08. The van der Waals surface area contributed by atoms with E-state index in [1.807, 2.05) is 47.1 Å². The SMILES string of the molecule is C.C.C.CC(C)c1cc(C(C)C)sn1.CC(C)c1ccc(C(C)C)o1.CC(C)c1ccc(C(C)C)s1.CC(C)c1cnc(C(C)C)s1.CC(C)c1nsc(C(C)C)n1.Cc1cc(C(C)C)oc1C(C)C.Cc1nc(C(C)(C)C)sc1C(C)C.Cc1nc(C(C)C)oc1C(C)C.